The van der Waals surface area contributed by atoms with E-state index in [0.717, 1.165) is 0 Å². The van der Waals surface area contributed by atoms with Gasteiger partial charge in [-0.15, -0.1) is 0 Å². The number of nitrogens with zero attached hydrogens (tertiary/aromatic N) is 4. The quantitative estimate of drug-likeness (QED) is 0.567. The van der Waals surface area contributed by atoms with Gasteiger partial charge in [0.2, 0.25) is 5.91 Å². The zero-order valence-electron chi connectivity index (χ0n) is 9.37. The van der Waals surface area contributed by atoms with Crippen molar-refractivity contribution in [3.05, 3.63) is 28.4 Å². The summed E-state index contributed by atoms with van der Waals surface area (Å²) in [6, 6.07) is 2.95. The summed E-state index contributed by atoms with van der Waals surface area (Å²) in [5.41, 5.74) is -0.0494. The lowest BCUT2D eigenvalue weighted by molar-refractivity contribution is -0.385. The predicted molar refractivity (Wildman–Crippen MR) is 60.5 cm³/mol. The van der Waals surface area contributed by atoms with E-state index in [1.165, 1.54) is 12.3 Å². The second-order valence-corrected chi connectivity index (χ2v) is 3.72. The minimum atomic E-state index is -0.496. The van der Waals surface area contributed by atoms with Crippen LogP contribution in [0.4, 0.5) is 11.5 Å². The van der Waals surface area contributed by atoms with Gasteiger partial charge in [0.15, 0.2) is 0 Å². The highest BCUT2D eigenvalue weighted by Crippen LogP contribution is 2.18. The molecule has 1 aromatic heterocycles. The Hall–Kier alpha value is -2.18. The lowest BCUT2D eigenvalue weighted by Gasteiger charge is -2.16. The third kappa shape index (κ3) is 2.17. The molecule has 0 unspecified atom stereocenters. The van der Waals surface area contributed by atoms with Crippen LogP contribution in [-0.2, 0) is 4.79 Å². The van der Waals surface area contributed by atoms with Gasteiger partial charge in [-0.1, -0.05) is 0 Å². The molecular weight excluding hydrogens is 224 g/mol. The molecule has 0 aromatic carbocycles. The Kier molecular flexibility index (Phi) is 2.90. The van der Waals surface area contributed by atoms with Crippen LogP contribution in [0.5, 0.6) is 0 Å². The van der Waals surface area contributed by atoms with Gasteiger partial charge >= 0.3 is 0 Å². The summed E-state index contributed by atoms with van der Waals surface area (Å²) in [4.78, 5) is 29.0. The highest BCUT2D eigenvalue weighted by atomic mass is 16.6. The molecule has 1 aliphatic rings. The first-order valence-electron chi connectivity index (χ1n) is 5.25. The molecule has 1 amide bonds. The van der Waals surface area contributed by atoms with Crippen LogP contribution in [0.2, 0.25) is 0 Å². The van der Waals surface area contributed by atoms with Crippen molar-refractivity contribution in [1.29, 1.82) is 0 Å². The van der Waals surface area contributed by atoms with Gasteiger partial charge in [0.05, 0.1) is 11.6 Å². The van der Waals surface area contributed by atoms with Crippen LogP contribution in [0, 0.1) is 10.1 Å². The normalized spacial score (nSPS) is 15.5. The van der Waals surface area contributed by atoms with Crippen LogP contribution < -0.4 is 4.90 Å². The van der Waals surface area contributed by atoms with Gasteiger partial charge < -0.3 is 9.80 Å². The van der Waals surface area contributed by atoms with Crippen LogP contribution in [0.3, 0.4) is 0 Å². The molecule has 1 fully saturated rings. The predicted octanol–water partition coefficient (Wildman–Crippen LogP) is 0.616. The second-order valence-electron chi connectivity index (χ2n) is 3.72. The number of carbonyl (C=O) groups is 1. The zero-order chi connectivity index (χ0) is 12.4. The van der Waals surface area contributed by atoms with E-state index in [4.69, 9.17) is 0 Å². The van der Waals surface area contributed by atoms with E-state index in [0.29, 0.717) is 19.0 Å². The Morgan fingerprint density at radius 3 is 2.76 bits per heavy atom. The molecule has 17 heavy (non-hydrogen) atoms. The minimum absolute atomic E-state index is 0.0488. The van der Waals surface area contributed by atoms with Gasteiger partial charge in [-0.25, -0.2) is 4.98 Å². The van der Waals surface area contributed by atoms with Crippen LogP contribution in [0.15, 0.2) is 18.3 Å². The van der Waals surface area contributed by atoms with Crippen molar-refractivity contribution in [3.8, 4) is 0 Å². The molecule has 1 saturated heterocycles. The molecule has 0 radical (unpaired) electrons. The SMILES string of the molecule is CCN1CN(c2ccc([N+](=O)[O-])cn2)CC1=O. The summed E-state index contributed by atoms with van der Waals surface area (Å²) in [6.45, 7) is 3.33. The van der Waals surface area contributed by atoms with Crippen molar-refractivity contribution in [2.45, 2.75) is 6.92 Å². The molecule has 1 aromatic rings. The van der Waals surface area contributed by atoms with Crippen molar-refractivity contribution >= 4 is 17.4 Å². The van der Waals surface area contributed by atoms with Crippen molar-refractivity contribution in [1.82, 2.24) is 9.88 Å². The van der Waals surface area contributed by atoms with Gasteiger partial charge in [-0.3, -0.25) is 14.9 Å². The first-order chi connectivity index (χ1) is 8.11. The fourth-order valence-electron chi connectivity index (χ4n) is 1.70. The summed E-state index contributed by atoms with van der Waals surface area (Å²) < 4.78 is 0. The largest absolute Gasteiger partial charge is 0.329 e. The average Bonchev–Trinajstić information content (AvgIpc) is 2.70. The van der Waals surface area contributed by atoms with Gasteiger partial charge in [0.25, 0.3) is 5.69 Å². The maximum Gasteiger partial charge on any atom is 0.287 e. The Morgan fingerprint density at radius 1 is 1.53 bits per heavy atom. The number of hydrogen-bond acceptors (Lipinski definition) is 5. The lowest BCUT2D eigenvalue weighted by atomic mass is 10.4. The molecule has 90 valence electrons. The number of anilines is 1. The molecular formula is C10H12N4O3. The highest BCUT2D eigenvalue weighted by Gasteiger charge is 2.27. The number of amides is 1. The molecule has 0 atom stereocenters. The molecule has 7 nitrogen and oxygen atoms in total. The summed E-state index contributed by atoms with van der Waals surface area (Å²) in [7, 11) is 0. The zero-order valence-corrected chi connectivity index (χ0v) is 9.37. The molecule has 0 spiro atoms. The summed E-state index contributed by atoms with van der Waals surface area (Å²) in [5.74, 6) is 0.632. The average molecular weight is 236 g/mol. The van der Waals surface area contributed by atoms with E-state index in [2.05, 4.69) is 4.98 Å². The minimum Gasteiger partial charge on any atom is -0.329 e. The summed E-state index contributed by atoms with van der Waals surface area (Å²) >= 11 is 0. The van der Waals surface area contributed by atoms with Gasteiger partial charge in [-0.2, -0.15) is 0 Å². The molecule has 2 rings (SSSR count). The van der Waals surface area contributed by atoms with E-state index in [1.807, 2.05) is 6.92 Å². The number of aromatic nitrogens is 1. The highest BCUT2D eigenvalue weighted by molar-refractivity contribution is 5.84. The fraction of sp³-hybridized carbons (Fsp3) is 0.400. The van der Waals surface area contributed by atoms with E-state index in [9.17, 15) is 14.9 Å². The van der Waals surface area contributed by atoms with Crippen molar-refractivity contribution in [2.75, 3.05) is 24.7 Å². The van der Waals surface area contributed by atoms with Crippen LogP contribution in [-0.4, -0.2) is 40.5 Å². The Bertz CT molecular complexity index is 445. The smallest absolute Gasteiger partial charge is 0.287 e. The molecule has 0 bridgehead atoms. The van der Waals surface area contributed by atoms with E-state index >= 15 is 0 Å². The van der Waals surface area contributed by atoms with Gasteiger partial charge in [0, 0.05) is 12.6 Å². The van der Waals surface area contributed by atoms with Crippen molar-refractivity contribution in [3.63, 3.8) is 0 Å². The monoisotopic (exact) mass is 236 g/mol. The first kappa shape index (κ1) is 11.3. The van der Waals surface area contributed by atoms with Crippen LogP contribution in [0.25, 0.3) is 0 Å². The second kappa shape index (κ2) is 4.36. The summed E-state index contributed by atoms with van der Waals surface area (Å²) in [5, 5.41) is 10.5. The van der Waals surface area contributed by atoms with Crippen molar-refractivity contribution < 1.29 is 9.72 Å². The maximum atomic E-state index is 11.5. The number of pyridine rings is 1. The van der Waals surface area contributed by atoms with E-state index in [-0.39, 0.29) is 18.1 Å². The number of likely N-dealkylation sites (N-methyl/N-ethyl adjacent to an activating group) is 1. The number of carbonyl (C=O) groups excluding carboxylic acids is 1. The number of hydrogen-bond donors (Lipinski definition) is 0. The third-order valence-corrected chi connectivity index (χ3v) is 2.67. The molecule has 7 heteroatoms. The molecule has 0 saturated carbocycles. The standard InChI is InChI=1S/C10H12N4O3/c1-2-12-7-13(6-10(12)15)9-4-3-8(5-11-9)14(16)17/h3-5H,2,6-7H2,1H3. The fourth-order valence-corrected chi connectivity index (χ4v) is 1.70. The molecule has 0 aliphatic carbocycles. The van der Waals surface area contributed by atoms with E-state index < -0.39 is 4.92 Å². The van der Waals surface area contributed by atoms with Crippen LogP contribution >= 0.6 is 0 Å². The first-order valence-corrected chi connectivity index (χ1v) is 5.25. The van der Waals surface area contributed by atoms with Gasteiger partial charge in [-0.05, 0) is 13.0 Å². The topological polar surface area (TPSA) is 79.6 Å². The van der Waals surface area contributed by atoms with Crippen LogP contribution in [0.1, 0.15) is 6.92 Å². The molecule has 0 N–H and O–H groups in total. The van der Waals surface area contributed by atoms with Gasteiger partial charge in [0.1, 0.15) is 18.6 Å². The third-order valence-electron chi connectivity index (χ3n) is 2.67. The Morgan fingerprint density at radius 2 is 2.29 bits per heavy atom. The maximum absolute atomic E-state index is 11.5. The number of nitro groups is 1. The molecule has 1 aliphatic heterocycles. The molecule has 2 heterocycles. The van der Waals surface area contributed by atoms with Crippen molar-refractivity contribution in [2.24, 2.45) is 0 Å². The Labute approximate surface area is 97.8 Å². The lowest BCUT2D eigenvalue weighted by Crippen LogP contribution is -2.26. The summed E-state index contributed by atoms with van der Waals surface area (Å²) in [6.07, 6.45) is 1.20. The Balaban J connectivity index is 2.14. The number of rotatable bonds is 3. The van der Waals surface area contributed by atoms with E-state index in [1.54, 1.807) is 15.9 Å².